The zero-order valence-electron chi connectivity index (χ0n) is 11.6. The molecule has 1 amide bonds. The van der Waals surface area contributed by atoms with Gasteiger partial charge >= 0.3 is 0 Å². The van der Waals surface area contributed by atoms with Crippen LogP contribution in [0.4, 0.5) is 14.5 Å². The average molecular weight is 302 g/mol. The number of halogens is 2. The first-order chi connectivity index (χ1) is 10.5. The molecule has 0 radical (unpaired) electrons. The van der Waals surface area contributed by atoms with Gasteiger partial charge in [0.2, 0.25) is 0 Å². The van der Waals surface area contributed by atoms with Gasteiger partial charge in [0.1, 0.15) is 5.75 Å². The number of carbonyl (C=O) groups is 1. The Hall–Kier alpha value is -2.94. The zero-order valence-corrected chi connectivity index (χ0v) is 11.6. The minimum absolute atomic E-state index is 0.130. The van der Waals surface area contributed by atoms with Crippen molar-refractivity contribution >= 4 is 11.6 Å². The van der Waals surface area contributed by atoms with Crippen molar-refractivity contribution in [3.05, 3.63) is 59.7 Å². The van der Waals surface area contributed by atoms with Gasteiger partial charge in [-0.1, -0.05) is 6.07 Å². The molecule has 112 valence electrons. The van der Waals surface area contributed by atoms with Gasteiger partial charge < -0.3 is 10.1 Å². The molecule has 0 fully saturated rings. The molecule has 4 nitrogen and oxygen atoms in total. The molecule has 2 rings (SSSR count). The van der Waals surface area contributed by atoms with Crippen LogP contribution < -0.4 is 10.1 Å². The van der Waals surface area contributed by atoms with E-state index in [1.54, 1.807) is 18.2 Å². The first kappa shape index (κ1) is 15.4. The minimum atomic E-state index is -1.05. The van der Waals surface area contributed by atoms with Gasteiger partial charge in [0, 0.05) is 11.8 Å². The Labute approximate surface area is 125 Å². The van der Waals surface area contributed by atoms with Crippen molar-refractivity contribution < 1.29 is 18.3 Å². The molecule has 2 aromatic carbocycles. The number of hydrogen-bond donors (Lipinski definition) is 1. The molecule has 6 heteroatoms. The molecule has 0 aliphatic rings. The topological polar surface area (TPSA) is 62.1 Å². The van der Waals surface area contributed by atoms with Gasteiger partial charge in [0.15, 0.2) is 17.7 Å². The van der Waals surface area contributed by atoms with Crippen molar-refractivity contribution in [2.75, 3.05) is 5.32 Å². The number of nitriles is 1. The van der Waals surface area contributed by atoms with Crippen molar-refractivity contribution in [2.45, 2.75) is 13.0 Å². The Morgan fingerprint density at radius 3 is 2.68 bits per heavy atom. The third-order valence-electron chi connectivity index (χ3n) is 2.83. The Kier molecular flexibility index (Phi) is 4.69. The van der Waals surface area contributed by atoms with E-state index in [1.807, 2.05) is 6.07 Å². The first-order valence-electron chi connectivity index (χ1n) is 6.42. The van der Waals surface area contributed by atoms with Crippen LogP contribution in [0.3, 0.4) is 0 Å². The van der Waals surface area contributed by atoms with Gasteiger partial charge in [-0.2, -0.15) is 5.26 Å². The molecule has 0 aromatic heterocycles. The van der Waals surface area contributed by atoms with Crippen LogP contribution in [0.2, 0.25) is 0 Å². The summed E-state index contributed by atoms with van der Waals surface area (Å²) in [5.41, 5.74) is 0.538. The molecule has 1 N–H and O–H groups in total. The maximum absolute atomic E-state index is 13.1. The summed E-state index contributed by atoms with van der Waals surface area (Å²) in [6, 6.07) is 11.4. The second-order valence-electron chi connectivity index (χ2n) is 4.52. The lowest BCUT2D eigenvalue weighted by molar-refractivity contribution is -0.122. The van der Waals surface area contributed by atoms with E-state index in [1.165, 1.54) is 19.1 Å². The molecule has 0 aliphatic heterocycles. The SMILES string of the molecule is C[C@@H](Oc1cccc(C#N)c1)C(=O)Nc1ccc(F)c(F)c1. The number of rotatable bonds is 4. The summed E-state index contributed by atoms with van der Waals surface area (Å²) < 4.78 is 31.3. The van der Waals surface area contributed by atoms with E-state index < -0.39 is 23.6 Å². The molecule has 1 atom stereocenters. The lowest BCUT2D eigenvalue weighted by atomic mass is 10.2. The van der Waals surface area contributed by atoms with E-state index in [9.17, 15) is 13.6 Å². The van der Waals surface area contributed by atoms with Crippen LogP contribution in [0.15, 0.2) is 42.5 Å². The number of hydrogen-bond acceptors (Lipinski definition) is 3. The Morgan fingerprint density at radius 1 is 1.23 bits per heavy atom. The highest BCUT2D eigenvalue weighted by Crippen LogP contribution is 2.16. The number of benzene rings is 2. The molecular formula is C16H12F2N2O2. The molecule has 0 bridgehead atoms. The van der Waals surface area contributed by atoms with Gasteiger partial charge in [-0.3, -0.25) is 4.79 Å². The molecule has 0 heterocycles. The first-order valence-corrected chi connectivity index (χ1v) is 6.42. The van der Waals surface area contributed by atoms with Crippen LogP contribution in [0.5, 0.6) is 5.75 Å². The maximum Gasteiger partial charge on any atom is 0.265 e. The van der Waals surface area contributed by atoms with E-state index in [0.717, 1.165) is 12.1 Å². The summed E-state index contributed by atoms with van der Waals surface area (Å²) in [6.07, 6.45) is -0.873. The van der Waals surface area contributed by atoms with Crippen LogP contribution in [0.25, 0.3) is 0 Å². The fourth-order valence-corrected chi connectivity index (χ4v) is 1.71. The summed E-state index contributed by atoms with van der Waals surface area (Å²) >= 11 is 0. The highest BCUT2D eigenvalue weighted by Gasteiger charge is 2.16. The van der Waals surface area contributed by atoms with Crippen molar-refractivity contribution in [1.82, 2.24) is 0 Å². The summed E-state index contributed by atoms with van der Waals surface area (Å²) in [6.45, 7) is 1.51. The Morgan fingerprint density at radius 2 is 2.00 bits per heavy atom. The van der Waals surface area contributed by atoms with Gasteiger partial charge in [-0.25, -0.2) is 8.78 Å². The molecule has 0 spiro atoms. The van der Waals surface area contributed by atoms with E-state index in [4.69, 9.17) is 10.00 Å². The van der Waals surface area contributed by atoms with Gasteiger partial charge in [-0.15, -0.1) is 0 Å². The van der Waals surface area contributed by atoms with Crippen LogP contribution in [-0.2, 0) is 4.79 Å². The summed E-state index contributed by atoms with van der Waals surface area (Å²) in [4.78, 5) is 12.0. The van der Waals surface area contributed by atoms with E-state index in [2.05, 4.69) is 5.32 Å². The number of nitrogens with one attached hydrogen (secondary N) is 1. The fraction of sp³-hybridized carbons (Fsp3) is 0.125. The van der Waals surface area contributed by atoms with Gasteiger partial charge in [-0.05, 0) is 37.3 Å². The molecule has 2 aromatic rings. The Balaban J connectivity index is 2.02. The molecular weight excluding hydrogens is 290 g/mol. The van der Waals surface area contributed by atoms with Crippen molar-refractivity contribution in [3.63, 3.8) is 0 Å². The third-order valence-corrected chi connectivity index (χ3v) is 2.83. The fourth-order valence-electron chi connectivity index (χ4n) is 1.71. The quantitative estimate of drug-likeness (QED) is 0.943. The van der Waals surface area contributed by atoms with Gasteiger partial charge in [0.25, 0.3) is 5.91 Å². The normalized spacial score (nSPS) is 11.4. The van der Waals surface area contributed by atoms with Crippen molar-refractivity contribution in [1.29, 1.82) is 5.26 Å². The van der Waals surface area contributed by atoms with Crippen molar-refractivity contribution in [3.8, 4) is 11.8 Å². The highest BCUT2D eigenvalue weighted by molar-refractivity contribution is 5.94. The number of amides is 1. The molecule has 0 aliphatic carbocycles. The average Bonchev–Trinajstić information content (AvgIpc) is 2.51. The van der Waals surface area contributed by atoms with Crippen LogP contribution >= 0.6 is 0 Å². The molecule has 0 saturated heterocycles. The van der Waals surface area contributed by atoms with E-state index >= 15 is 0 Å². The largest absolute Gasteiger partial charge is 0.481 e. The predicted octanol–water partition coefficient (Wildman–Crippen LogP) is 3.24. The Bertz CT molecular complexity index is 741. The number of ether oxygens (including phenoxy) is 1. The summed E-state index contributed by atoms with van der Waals surface area (Å²) in [5, 5.41) is 11.2. The zero-order chi connectivity index (χ0) is 16.1. The smallest absolute Gasteiger partial charge is 0.265 e. The molecule has 22 heavy (non-hydrogen) atoms. The number of carbonyl (C=O) groups excluding carboxylic acids is 1. The van der Waals surface area contributed by atoms with E-state index in [0.29, 0.717) is 11.3 Å². The summed E-state index contributed by atoms with van der Waals surface area (Å²) in [5.74, 6) is -2.19. The van der Waals surface area contributed by atoms with Crippen LogP contribution in [0.1, 0.15) is 12.5 Å². The van der Waals surface area contributed by atoms with Crippen LogP contribution in [0, 0.1) is 23.0 Å². The van der Waals surface area contributed by atoms with Crippen LogP contribution in [-0.4, -0.2) is 12.0 Å². The third kappa shape index (κ3) is 3.79. The minimum Gasteiger partial charge on any atom is -0.481 e. The molecule has 0 saturated carbocycles. The predicted molar refractivity (Wildman–Crippen MR) is 76.2 cm³/mol. The lowest BCUT2D eigenvalue weighted by Crippen LogP contribution is -2.30. The maximum atomic E-state index is 13.1. The number of nitrogens with zero attached hydrogens (tertiary/aromatic N) is 1. The molecule has 0 unspecified atom stereocenters. The standard InChI is InChI=1S/C16H12F2N2O2/c1-10(22-13-4-2-3-11(7-13)9-19)16(21)20-12-5-6-14(17)15(18)8-12/h2-8,10H,1H3,(H,20,21)/t10-/m1/s1. The summed E-state index contributed by atoms with van der Waals surface area (Å²) in [7, 11) is 0. The van der Waals surface area contributed by atoms with Crippen molar-refractivity contribution in [2.24, 2.45) is 0 Å². The highest BCUT2D eigenvalue weighted by atomic mass is 19.2. The van der Waals surface area contributed by atoms with Gasteiger partial charge in [0.05, 0.1) is 11.6 Å². The van der Waals surface area contributed by atoms with E-state index in [-0.39, 0.29) is 5.69 Å². The number of anilines is 1. The monoisotopic (exact) mass is 302 g/mol. The second-order valence-corrected chi connectivity index (χ2v) is 4.52. The second kappa shape index (κ2) is 6.68. The lowest BCUT2D eigenvalue weighted by Gasteiger charge is -2.15.